The number of rotatable bonds is 8. The van der Waals surface area contributed by atoms with Gasteiger partial charge in [-0.3, -0.25) is 0 Å². The maximum absolute atomic E-state index is 9.96. The first-order chi connectivity index (χ1) is 15.6. The molecule has 32 heavy (non-hydrogen) atoms. The number of pyridine rings is 1. The van der Waals surface area contributed by atoms with Crippen molar-refractivity contribution in [2.75, 3.05) is 12.4 Å². The Balaban J connectivity index is 1.62. The summed E-state index contributed by atoms with van der Waals surface area (Å²) in [7, 11) is 1.79. The van der Waals surface area contributed by atoms with Crippen molar-refractivity contribution >= 4 is 16.9 Å². The Hall–Kier alpha value is -1.99. The Morgan fingerprint density at radius 1 is 1.03 bits per heavy atom. The first-order valence-electron chi connectivity index (χ1n) is 12.4. The van der Waals surface area contributed by atoms with Crippen molar-refractivity contribution in [3.05, 3.63) is 18.0 Å². The SMILES string of the molecule is CCCC(C)Nc1ncc2c(OC3CCC(OC)CC3)ncc(C3CCC(O)CC3)c2n1. The Bertz CT molecular complexity index is 877. The van der Waals surface area contributed by atoms with Gasteiger partial charge in [0.05, 0.1) is 23.1 Å². The van der Waals surface area contributed by atoms with Crippen molar-refractivity contribution in [1.29, 1.82) is 0 Å². The number of aromatic nitrogens is 3. The summed E-state index contributed by atoms with van der Waals surface area (Å²) < 4.78 is 11.9. The lowest BCUT2D eigenvalue weighted by atomic mass is 9.83. The molecule has 2 saturated carbocycles. The third-order valence-electron chi connectivity index (χ3n) is 7.08. The van der Waals surface area contributed by atoms with Crippen LogP contribution >= 0.6 is 0 Å². The maximum atomic E-state index is 9.96. The van der Waals surface area contributed by atoms with Gasteiger partial charge in [0.1, 0.15) is 6.10 Å². The molecule has 2 N–H and O–H groups in total. The summed E-state index contributed by atoms with van der Waals surface area (Å²) in [6.07, 6.45) is 13.9. The minimum Gasteiger partial charge on any atom is -0.474 e. The van der Waals surface area contributed by atoms with E-state index in [0.29, 0.717) is 29.9 Å². The van der Waals surface area contributed by atoms with Crippen LogP contribution in [0.5, 0.6) is 5.88 Å². The average molecular weight is 443 g/mol. The van der Waals surface area contributed by atoms with Gasteiger partial charge in [-0.05, 0) is 70.6 Å². The van der Waals surface area contributed by atoms with Crippen LogP contribution in [0.3, 0.4) is 0 Å². The van der Waals surface area contributed by atoms with Crippen molar-refractivity contribution in [3.8, 4) is 5.88 Å². The van der Waals surface area contributed by atoms with Crippen molar-refractivity contribution < 1.29 is 14.6 Å². The monoisotopic (exact) mass is 442 g/mol. The molecule has 7 heteroatoms. The number of hydrogen-bond donors (Lipinski definition) is 2. The van der Waals surface area contributed by atoms with Crippen molar-refractivity contribution in [2.45, 2.75) is 108 Å². The van der Waals surface area contributed by atoms with E-state index in [2.05, 4.69) is 24.1 Å². The second kappa shape index (κ2) is 10.8. The van der Waals surface area contributed by atoms with Crippen LogP contribution in [0.15, 0.2) is 12.4 Å². The summed E-state index contributed by atoms with van der Waals surface area (Å²) in [5, 5.41) is 14.3. The fourth-order valence-electron chi connectivity index (χ4n) is 5.14. The van der Waals surface area contributed by atoms with Crippen LogP contribution in [0.2, 0.25) is 0 Å². The largest absolute Gasteiger partial charge is 0.474 e. The minimum absolute atomic E-state index is 0.148. The second-order valence-electron chi connectivity index (χ2n) is 9.57. The summed E-state index contributed by atoms with van der Waals surface area (Å²) in [5.41, 5.74) is 2.08. The molecule has 1 unspecified atom stereocenters. The molecule has 0 spiro atoms. The van der Waals surface area contributed by atoms with E-state index in [4.69, 9.17) is 19.4 Å². The summed E-state index contributed by atoms with van der Waals surface area (Å²) in [6.45, 7) is 4.35. The van der Waals surface area contributed by atoms with Crippen LogP contribution in [0.1, 0.15) is 89.5 Å². The van der Waals surface area contributed by atoms with Crippen molar-refractivity contribution in [2.24, 2.45) is 0 Å². The predicted octanol–water partition coefficient (Wildman–Crippen LogP) is 4.98. The number of aliphatic hydroxyl groups excluding tert-OH is 1. The first-order valence-corrected chi connectivity index (χ1v) is 12.4. The van der Waals surface area contributed by atoms with Crippen molar-refractivity contribution in [3.63, 3.8) is 0 Å². The normalized spacial score (nSPS) is 27.2. The highest BCUT2D eigenvalue weighted by atomic mass is 16.5. The molecule has 0 saturated heterocycles. The van der Waals surface area contributed by atoms with E-state index in [0.717, 1.165) is 80.7 Å². The molecule has 0 aromatic carbocycles. The zero-order chi connectivity index (χ0) is 22.5. The summed E-state index contributed by atoms with van der Waals surface area (Å²) >= 11 is 0. The van der Waals surface area contributed by atoms with E-state index < -0.39 is 0 Å². The fraction of sp³-hybridized carbons (Fsp3) is 0.720. The predicted molar refractivity (Wildman–Crippen MR) is 126 cm³/mol. The van der Waals surface area contributed by atoms with Gasteiger partial charge in [-0.25, -0.2) is 15.0 Å². The van der Waals surface area contributed by atoms with E-state index in [1.165, 1.54) is 0 Å². The number of methoxy groups -OCH3 is 1. The second-order valence-corrected chi connectivity index (χ2v) is 9.57. The van der Waals surface area contributed by atoms with E-state index in [1.54, 1.807) is 7.11 Å². The number of ether oxygens (including phenoxy) is 2. The van der Waals surface area contributed by atoms with Crippen LogP contribution in [-0.2, 0) is 4.74 Å². The van der Waals surface area contributed by atoms with Crippen LogP contribution in [0, 0.1) is 0 Å². The van der Waals surface area contributed by atoms with Gasteiger partial charge in [0, 0.05) is 31.1 Å². The highest BCUT2D eigenvalue weighted by Crippen LogP contribution is 2.38. The Morgan fingerprint density at radius 2 is 1.75 bits per heavy atom. The highest BCUT2D eigenvalue weighted by molar-refractivity contribution is 5.86. The summed E-state index contributed by atoms with van der Waals surface area (Å²) in [5.74, 6) is 1.65. The van der Waals surface area contributed by atoms with Gasteiger partial charge in [-0.15, -0.1) is 0 Å². The van der Waals surface area contributed by atoms with Crippen LogP contribution in [0.4, 0.5) is 5.95 Å². The molecule has 1 atom stereocenters. The van der Waals surface area contributed by atoms with Gasteiger partial charge in [0.2, 0.25) is 11.8 Å². The van der Waals surface area contributed by atoms with Gasteiger partial charge in [-0.2, -0.15) is 0 Å². The number of nitrogens with one attached hydrogen (secondary N) is 1. The molecular formula is C25H38N4O3. The van der Waals surface area contributed by atoms with E-state index in [1.807, 2.05) is 12.4 Å². The molecule has 176 valence electrons. The molecule has 0 radical (unpaired) electrons. The smallest absolute Gasteiger partial charge is 0.224 e. The topological polar surface area (TPSA) is 89.4 Å². The van der Waals surface area contributed by atoms with Crippen molar-refractivity contribution in [1.82, 2.24) is 15.0 Å². The van der Waals surface area contributed by atoms with Gasteiger partial charge in [0.15, 0.2) is 0 Å². The Morgan fingerprint density at radius 3 is 2.44 bits per heavy atom. The standard InChI is InChI=1S/C25H38N4O3/c1-4-5-16(2)28-25-27-15-22-23(29-25)21(17-6-8-18(30)9-7-17)14-26-24(22)32-20-12-10-19(31-3)11-13-20/h14-20,30H,4-13H2,1-3H3,(H,27,28,29). The molecule has 2 heterocycles. The van der Waals surface area contributed by atoms with Crippen LogP contribution in [-0.4, -0.2) is 51.5 Å². The fourth-order valence-corrected chi connectivity index (χ4v) is 5.14. The molecule has 2 fully saturated rings. The molecule has 2 aliphatic carbocycles. The quantitative estimate of drug-likeness (QED) is 0.596. The maximum Gasteiger partial charge on any atom is 0.224 e. The van der Waals surface area contributed by atoms with E-state index in [-0.39, 0.29) is 12.2 Å². The number of hydrogen-bond acceptors (Lipinski definition) is 7. The molecule has 2 aromatic rings. The molecule has 7 nitrogen and oxygen atoms in total. The lowest BCUT2D eigenvalue weighted by Crippen LogP contribution is -2.28. The van der Waals surface area contributed by atoms with Gasteiger partial charge >= 0.3 is 0 Å². The summed E-state index contributed by atoms with van der Waals surface area (Å²) in [4.78, 5) is 14.3. The third kappa shape index (κ3) is 5.49. The molecule has 0 amide bonds. The average Bonchev–Trinajstić information content (AvgIpc) is 2.80. The number of nitrogens with zero attached hydrogens (tertiary/aromatic N) is 3. The molecule has 2 aromatic heterocycles. The third-order valence-corrected chi connectivity index (χ3v) is 7.08. The van der Waals surface area contributed by atoms with Gasteiger partial charge in [0.25, 0.3) is 0 Å². The lowest BCUT2D eigenvalue weighted by Gasteiger charge is -2.29. The first kappa shape index (κ1) is 23.2. The Labute approximate surface area is 191 Å². The van der Waals surface area contributed by atoms with Gasteiger partial charge in [-0.1, -0.05) is 13.3 Å². The number of aliphatic hydroxyl groups is 1. The van der Waals surface area contributed by atoms with Crippen LogP contribution < -0.4 is 10.1 Å². The molecule has 2 aliphatic rings. The van der Waals surface area contributed by atoms with E-state index >= 15 is 0 Å². The molecule has 4 rings (SSSR count). The minimum atomic E-state index is -0.183. The van der Waals surface area contributed by atoms with Gasteiger partial charge < -0.3 is 19.9 Å². The highest BCUT2D eigenvalue weighted by Gasteiger charge is 2.27. The lowest BCUT2D eigenvalue weighted by molar-refractivity contribution is 0.0319. The number of fused-ring (bicyclic) bond motifs is 1. The van der Waals surface area contributed by atoms with E-state index in [9.17, 15) is 5.11 Å². The number of anilines is 1. The molecule has 0 aliphatic heterocycles. The zero-order valence-electron chi connectivity index (χ0n) is 19.7. The summed E-state index contributed by atoms with van der Waals surface area (Å²) in [6, 6.07) is 0.319. The molecular weight excluding hydrogens is 404 g/mol. The Kier molecular flexibility index (Phi) is 7.79. The molecule has 0 bridgehead atoms. The zero-order valence-corrected chi connectivity index (χ0v) is 19.7. The van der Waals surface area contributed by atoms with Crippen LogP contribution in [0.25, 0.3) is 10.9 Å².